The zero-order valence-corrected chi connectivity index (χ0v) is 12.3. The summed E-state index contributed by atoms with van der Waals surface area (Å²) in [7, 11) is 0. The van der Waals surface area contributed by atoms with Crippen molar-refractivity contribution < 1.29 is 0 Å². The normalized spacial score (nSPS) is 25.8. The molecule has 2 unspecified atom stereocenters. The molecule has 3 nitrogen and oxygen atoms in total. The monoisotopic (exact) mass is 261 g/mol. The Morgan fingerprint density at radius 3 is 2.89 bits per heavy atom. The fourth-order valence-electron chi connectivity index (χ4n) is 2.79. The van der Waals surface area contributed by atoms with Gasteiger partial charge in [0, 0.05) is 31.5 Å². The number of hydrogen-bond donors (Lipinski definition) is 1. The Morgan fingerprint density at radius 1 is 1.37 bits per heavy atom. The summed E-state index contributed by atoms with van der Waals surface area (Å²) in [6, 6.07) is 4.96. The number of hydrogen-bond acceptors (Lipinski definition) is 3. The summed E-state index contributed by atoms with van der Waals surface area (Å²) in [5.74, 6) is 0.742. The minimum atomic E-state index is 0.700. The molecule has 1 aliphatic rings. The van der Waals surface area contributed by atoms with Crippen LogP contribution in [0.15, 0.2) is 24.5 Å². The molecule has 1 aliphatic heterocycles. The molecular weight excluding hydrogens is 234 g/mol. The third-order valence-electron chi connectivity index (χ3n) is 4.08. The molecule has 0 bridgehead atoms. The summed E-state index contributed by atoms with van der Waals surface area (Å²) < 4.78 is 0. The van der Waals surface area contributed by atoms with Crippen molar-refractivity contribution in [3.8, 4) is 0 Å². The van der Waals surface area contributed by atoms with E-state index in [0.717, 1.165) is 18.9 Å². The van der Waals surface area contributed by atoms with E-state index in [4.69, 9.17) is 0 Å². The molecule has 1 aromatic rings. The maximum Gasteiger partial charge on any atom is 0.0270 e. The maximum absolute atomic E-state index is 4.08. The number of aromatic nitrogens is 1. The molecule has 0 amide bonds. The number of pyridine rings is 1. The van der Waals surface area contributed by atoms with Gasteiger partial charge < -0.3 is 10.2 Å². The van der Waals surface area contributed by atoms with Crippen molar-refractivity contribution in [3.05, 3.63) is 30.1 Å². The third kappa shape index (κ3) is 4.92. The summed E-state index contributed by atoms with van der Waals surface area (Å²) in [6.07, 6.45) is 7.44. The van der Waals surface area contributed by atoms with Gasteiger partial charge in [-0.1, -0.05) is 13.8 Å². The van der Waals surface area contributed by atoms with Crippen LogP contribution in [0.2, 0.25) is 0 Å². The Bertz CT molecular complexity index is 352. The second-order valence-corrected chi connectivity index (χ2v) is 5.81. The van der Waals surface area contributed by atoms with Crippen LogP contribution in [0.1, 0.15) is 32.3 Å². The van der Waals surface area contributed by atoms with E-state index in [1.165, 1.54) is 38.0 Å². The Morgan fingerprint density at radius 2 is 2.16 bits per heavy atom. The van der Waals surface area contributed by atoms with Crippen LogP contribution >= 0.6 is 0 Å². The summed E-state index contributed by atoms with van der Waals surface area (Å²) in [5.41, 5.74) is 1.40. The van der Waals surface area contributed by atoms with Crippen LogP contribution in [0, 0.1) is 5.92 Å². The molecule has 0 spiro atoms. The van der Waals surface area contributed by atoms with E-state index in [2.05, 4.69) is 41.2 Å². The van der Waals surface area contributed by atoms with Gasteiger partial charge >= 0.3 is 0 Å². The van der Waals surface area contributed by atoms with Gasteiger partial charge in [-0.15, -0.1) is 0 Å². The first-order valence-electron chi connectivity index (χ1n) is 7.62. The van der Waals surface area contributed by atoms with Crippen molar-refractivity contribution in [2.75, 3.05) is 26.2 Å². The highest BCUT2D eigenvalue weighted by atomic mass is 15.1. The quantitative estimate of drug-likeness (QED) is 0.901. The zero-order valence-electron chi connectivity index (χ0n) is 12.3. The molecule has 3 heteroatoms. The van der Waals surface area contributed by atoms with E-state index >= 15 is 0 Å². The molecule has 2 atom stereocenters. The molecule has 106 valence electrons. The molecule has 1 aromatic heterocycles. The molecule has 0 aromatic carbocycles. The van der Waals surface area contributed by atoms with Crippen LogP contribution in [-0.4, -0.2) is 42.1 Å². The van der Waals surface area contributed by atoms with Crippen molar-refractivity contribution in [2.24, 2.45) is 5.92 Å². The minimum absolute atomic E-state index is 0.700. The maximum atomic E-state index is 4.08. The fourth-order valence-corrected chi connectivity index (χ4v) is 2.79. The Kier molecular flexibility index (Phi) is 5.80. The number of rotatable bonds is 4. The van der Waals surface area contributed by atoms with Gasteiger partial charge in [0.15, 0.2) is 0 Å². The Hall–Kier alpha value is -0.930. The highest BCUT2D eigenvalue weighted by Gasteiger charge is 2.17. The van der Waals surface area contributed by atoms with Crippen molar-refractivity contribution >= 4 is 0 Å². The van der Waals surface area contributed by atoms with Crippen LogP contribution < -0.4 is 5.32 Å². The van der Waals surface area contributed by atoms with Crippen LogP contribution in [0.25, 0.3) is 0 Å². The molecule has 0 radical (unpaired) electrons. The van der Waals surface area contributed by atoms with Gasteiger partial charge in [0.05, 0.1) is 0 Å². The van der Waals surface area contributed by atoms with Gasteiger partial charge in [0.2, 0.25) is 0 Å². The van der Waals surface area contributed by atoms with Gasteiger partial charge in [-0.25, -0.2) is 0 Å². The molecule has 2 heterocycles. The summed E-state index contributed by atoms with van der Waals surface area (Å²) in [5, 5.41) is 3.68. The molecule has 0 saturated carbocycles. The van der Waals surface area contributed by atoms with Crippen LogP contribution in [0.3, 0.4) is 0 Å². The fraction of sp³-hybridized carbons (Fsp3) is 0.688. The third-order valence-corrected chi connectivity index (χ3v) is 4.08. The van der Waals surface area contributed by atoms with Crippen molar-refractivity contribution in [2.45, 2.75) is 39.2 Å². The van der Waals surface area contributed by atoms with Gasteiger partial charge in [0.1, 0.15) is 0 Å². The number of nitrogens with zero attached hydrogens (tertiary/aromatic N) is 2. The Labute approximate surface area is 117 Å². The van der Waals surface area contributed by atoms with Gasteiger partial charge in [-0.2, -0.15) is 0 Å². The summed E-state index contributed by atoms with van der Waals surface area (Å²) in [6.45, 7) is 9.40. The predicted molar refractivity (Wildman–Crippen MR) is 80.2 cm³/mol. The standard InChI is InChI=1S/C16H27N3/c1-3-16-7-11-19(13-14(2)12-18-16)10-6-15-4-8-17-9-5-15/h4-5,8-9,14,16,18H,3,6-7,10-13H2,1-2H3. The largest absolute Gasteiger partial charge is 0.314 e. The molecule has 1 N–H and O–H groups in total. The van der Waals surface area contributed by atoms with Crippen LogP contribution in [-0.2, 0) is 6.42 Å². The molecule has 1 fully saturated rings. The Balaban J connectivity index is 1.84. The first-order chi connectivity index (χ1) is 9.28. The van der Waals surface area contributed by atoms with Crippen molar-refractivity contribution in [1.29, 1.82) is 0 Å². The lowest BCUT2D eigenvalue weighted by Gasteiger charge is -2.32. The second kappa shape index (κ2) is 7.61. The lowest BCUT2D eigenvalue weighted by molar-refractivity contribution is 0.199. The van der Waals surface area contributed by atoms with Crippen LogP contribution in [0.5, 0.6) is 0 Å². The SMILES string of the molecule is CCC1CCN(CCc2ccncc2)CC(C)CN1. The molecule has 1 saturated heterocycles. The average molecular weight is 261 g/mol. The highest BCUT2D eigenvalue weighted by Crippen LogP contribution is 2.10. The summed E-state index contributed by atoms with van der Waals surface area (Å²) in [4.78, 5) is 6.71. The smallest absolute Gasteiger partial charge is 0.0270 e. The van der Waals surface area contributed by atoms with Gasteiger partial charge in [-0.05, 0) is 56.0 Å². The summed E-state index contributed by atoms with van der Waals surface area (Å²) >= 11 is 0. The topological polar surface area (TPSA) is 28.2 Å². The van der Waals surface area contributed by atoms with E-state index in [1.54, 1.807) is 0 Å². The average Bonchev–Trinajstić information content (AvgIpc) is 2.43. The molecule has 19 heavy (non-hydrogen) atoms. The molecular formula is C16H27N3. The lowest BCUT2D eigenvalue weighted by atomic mass is 10.0. The zero-order chi connectivity index (χ0) is 13.5. The minimum Gasteiger partial charge on any atom is -0.314 e. The first-order valence-corrected chi connectivity index (χ1v) is 7.62. The lowest BCUT2D eigenvalue weighted by Crippen LogP contribution is -2.43. The van der Waals surface area contributed by atoms with Gasteiger partial charge in [0.25, 0.3) is 0 Å². The van der Waals surface area contributed by atoms with E-state index in [0.29, 0.717) is 6.04 Å². The van der Waals surface area contributed by atoms with Gasteiger partial charge in [-0.3, -0.25) is 4.98 Å². The molecule has 2 rings (SSSR count). The predicted octanol–water partition coefficient (Wildman–Crippen LogP) is 2.33. The van der Waals surface area contributed by atoms with E-state index in [-0.39, 0.29) is 0 Å². The molecule has 0 aliphatic carbocycles. The van der Waals surface area contributed by atoms with E-state index in [1.807, 2.05) is 12.4 Å². The highest BCUT2D eigenvalue weighted by molar-refractivity contribution is 5.09. The van der Waals surface area contributed by atoms with Crippen LogP contribution in [0.4, 0.5) is 0 Å². The van der Waals surface area contributed by atoms with Crippen molar-refractivity contribution in [3.63, 3.8) is 0 Å². The van der Waals surface area contributed by atoms with E-state index < -0.39 is 0 Å². The second-order valence-electron chi connectivity index (χ2n) is 5.81. The van der Waals surface area contributed by atoms with E-state index in [9.17, 15) is 0 Å². The van der Waals surface area contributed by atoms with Crippen molar-refractivity contribution in [1.82, 2.24) is 15.2 Å². The first kappa shape index (κ1) is 14.5. The number of nitrogens with one attached hydrogen (secondary N) is 1.